The van der Waals surface area contributed by atoms with Crippen molar-refractivity contribution in [1.82, 2.24) is 4.98 Å². The molecular weight excluding hydrogens is 290 g/mol. The number of oxazole rings is 1. The van der Waals surface area contributed by atoms with Gasteiger partial charge in [-0.1, -0.05) is 44.2 Å². The van der Waals surface area contributed by atoms with E-state index >= 15 is 0 Å². The lowest BCUT2D eigenvalue weighted by molar-refractivity contribution is -0.149. The number of hydrogen-bond acceptors (Lipinski definition) is 4. The van der Waals surface area contributed by atoms with Crippen LogP contribution in [0.4, 0.5) is 0 Å². The number of rotatable bonds is 8. The first-order valence-electron chi connectivity index (χ1n) is 8.22. The van der Waals surface area contributed by atoms with Gasteiger partial charge in [0, 0.05) is 5.92 Å². The van der Waals surface area contributed by atoms with Crippen molar-refractivity contribution in [3.63, 3.8) is 0 Å². The monoisotopic (exact) mass is 315 g/mol. The second kappa shape index (κ2) is 8.51. The first-order chi connectivity index (χ1) is 11.1. The van der Waals surface area contributed by atoms with Gasteiger partial charge < -0.3 is 9.15 Å². The van der Waals surface area contributed by atoms with E-state index < -0.39 is 0 Å². The predicted molar refractivity (Wildman–Crippen MR) is 88.9 cm³/mol. The normalized spacial score (nSPS) is 13.5. The fourth-order valence-corrected chi connectivity index (χ4v) is 2.50. The van der Waals surface area contributed by atoms with Crippen LogP contribution in [0.1, 0.15) is 56.2 Å². The van der Waals surface area contributed by atoms with Crippen LogP contribution in [0.15, 0.2) is 41.0 Å². The van der Waals surface area contributed by atoms with Crippen LogP contribution < -0.4 is 0 Å². The lowest BCUT2D eigenvalue weighted by Gasteiger charge is -2.15. The summed E-state index contributed by atoms with van der Waals surface area (Å²) in [5.41, 5.74) is 1.91. The molecule has 0 amide bonds. The summed E-state index contributed by atoms with van der Waals surface area (Å²) in [7, 11) is 0. The SMILES string of the molecule is CCC(CCC(C)C(=O)OCc1ccccc1)c1nc(C)co1. The average molecular weight is 315 g/mol. The Morgan fingerprint density at radius 2 is 2.00 bits per heavy atom. The van der Waals surface area contributed by atoms with Crippen LogP contribution in [0.5, 0.6) is 0 Å². The highest BCUT2D eigenvalue weighted by atomic mass is 16.5. The molecule has 1 aromatic carbocycles. The Bertz CT molecular complexity index is 606. The fraction of sp³-hybridized carbons (Fsp3) is 0.474. The van der Waals surface area contributed by atoms with E-state index in [1.807, 2.05) is 44.2 Å². The number of aromatic nitrogens is 1. The Hall–Kier alpha value is -2.10. The van der Waals surface area contributed by atoms with Crippen LogP contribution >= 0.6 is 0 Å². The molecule has 0 aliphatic carbocycles. The first-order valence-corrected chi connectivity index (χ1v) is 8.22. The molecule has 2 unspecified atom stereocenters. The van der Waals surface area contributed by atoms with Gasteiger partial charge in [-0.15, -0.1) is 0 Å². The number of carbonyl (C=O) groups is 1. The molecule has 2 atom stereocenters. The third-order valence-corrected chi connectivity index (χ3v) is 4.05. The van der Waals surface area contributed by atoms with Crippen LogP contribution in [-0.2, 0) is 16.1 Å². The van der Waals surface area contributed by atoms with Gasteiger partial charge in [-0.2, -0.15) is 0 Å². The number of carbonyl (C=O) groups excluding carboxylic acids is 1. The third kappa shape index (κ3) is 5.23. The zero-order chi connectivity index (χ0) is 16.7. The molecule has 1 heterocycles. The summed E-state index contributed by atoms with van der Waals surface area (Å²) in [5.74, 6) is 0.763. The van der Waals surface area contributed by atoms with Crippen LogP contribution in [0, 0.1) is 12.8 Å². The van der Waals surface area contributed by atoms with Crippen molar-refractivity contribution in [2.75, 3.05) is 0 Å². The second-order valence-corrected chi connectivity index (χ2v) is 6.00. The number of aryl methyl sites for hydroxylation is 1. The van der Waals surface area contributed by atoms with E-state index in [0.717, 1.165) is 36.4 Å². The molecule has 0 saturated heterocycles. The highest BCUT2D eigenvalue weighted by molar-refractivity contribution is 5.71. The summed E-state index contributed by atoms with van der Waals surface area (Å²) in [6.07, 6.45) is 4.27. The maximum atomic E-state index is 12.1. The largest absolute Gasteiger partial charge is 0.461 e. The molecule has 0 bridgehead atoms. The minimum atomic E-state index is -0.146. The van der Waals surface area contributed by atoms with Crippen LogP contribution in [0.25, 0.3) is 0 Å². The Balaban J connectivity index is 1.78. The second-order valence-electron chi connectivity index (χ2n) is 6.00. The Morgan fingerprint density at radius 1 is 1.26 bits per heavy atom. The maximum Gasteiger partial charge on any atom is 0.308 e. The quantitative estimate of drug-likeness (QED) is 0.666. The number of ether oxygens (including phenoxy) is 1. The molecule has 2 aromatic rings. The van der Waals surface area contributed by atoms with Gasteiger partial charge in [-0.3, -0.25) is 4.79 Å². The van der Waals surface area contributed by atoms with E-state index in [2.05, 4.69) is 11.9 Å². The lowest BCUT2D eigenvalue weighted by atomic mass is 9.95. The lowest BCUT2D eigenvalue weighted by Crippen LogP contribution is -2.15. The number of nitrogens with zero attached hydrogens (tertiary/aromatic N) is 1. The average Bonchev–Trinajstić information content (AvgIpc) is 3.00. The summed E-state index contributed by atoms with van der Waals surface area (Å²) in [6, 6.07) is 9.74. The molecule has 0 spiro atoms. The van der Waals surface area contributed by atoms with Gasteiger partial charge in [0.05, 0.1) is 11.6 Å². The van der Waals surface area contributed by atoms with Crippen LogP contribution in [0.2, 0.25) is 0 Å². The van der Waals surface area contributed by atoms with Gasteiger partial charge in [0.1, 0.15) is 12.9 Å². The minimum Gasteiger partial charge on any atom is -0.461 e. The topological polar surface area (TPSA) is 52.3 Å². The Labute approximate surface area is 137 Å². The zero-order valence-corrected chi connectivity index (χ0v) is 14.1. The number of benzene rings is 1. The molecular formula is C19H25NO3. The van der Waals surface area contributed by atoms with Crippen molar-refractivity contribution in [2.24, 2.45) is 5.92 Å². The summed E-state index contributed by atoms with van der Waals surface area (Å²) in [4.78, 5) is 16.5. The summed E-state index contributed by atoms with van der Waals surface area (Å²) >= 11 is 0. The minimum absolute atomic E-state index is 0.121. The van der Waals surface area contributed by atoms with E-state index in [9.17, 15) is 4.79 Å². The van der Waals surface area contributed by atoms with Gasteiger partial charge in [0.15, 0.2) is 5.89 Å². The molecule has 0 fully saturated rings. The molecule has 124 valence electrons. The highest BCUT2D eigenvalue weighted by Gasteiger charge is 2.20. The van der Waals surface area contributed by atoms with Crippen molar-refractivity contribution >= 4 is 5.97 Å². The molecule has 4 heteroatoms. The van der Waals surface area contributed by atoms with Crippen molar-refractivity contribution in [3.8, 4) is 0 Å². The van der Waals surface area contributed by atoms with Crippen molar-refractivity contribution < 1.29 is 13.9 Å². The van der Waals surface area contributed by atoms with Crippen LogP contribution in [-0.4, -0.2) is 11.0 Å². The molecule has 1 aromatic heterocycles. The van der Waals surface area contributed by atoms with Crippen molar-refractivity contribution in [3.05, 3.63) is 53.7 Å². The van der Waals surface area contributed by atoms with Gasteiger partial charge in [-0.05, 0) is 31.7 Å². The standard InChI is InChI=1S/C19H25NO3/c1-4-17(18-20-15(3)12-22-18)11-10-14(2)19(21)23-13-16-8-6-5-7-9-16/h5-9,12,14,17H,4,10-11,13H2,1-3H3. The highest BCUT2D eigenvalue weighted by Crippen LogP contribution is 2.26. The Kier molecular flexibility index (Phi) is 6.39. The first kappa shape index (κ1) is 17.3. The smallest absolute Gasteiger partial charge is 0.308 e. The Morgan fingerprint density at radius 3 is 2.61 bits per heavy atom. The van der Waals surface area contributed by atoms with Gasteiger partial charge in [0.25, 0.3) is 0 Å². The summed E-state index contributed by atoms with van der Waals surface area (Å²) in [6.45, 7) is 6.28. The fourth-order valence-electron chi connectivity index (χ4n) is 2.50. The molecule has 0 aliphatic heterocycles. The van der Waals surface area contributed by atoms with Crippen molar-refractivity contribution in [1.29, 1.82) is 0 Å². The molecule has 2 rings (SSSR count). The van der Waals surface area contributed by atoms with E-state index in [-0.39, 0.29) is 17.8 Å². The molecule has 0 aliphatic rings. The molecule has 0 N–H and O–H groups in total. The van der Waals surface area contributed by atoms with Gasteiger partial charge in [0.2, 0.25) is 0 Å². The molecule has 23 heavy (non-hydrogen) atoms. The molecule has 4 nitrogen and oxygen atoms in total. The number of hydrogen-bond donors (Lipinski definition) is 0. The van der Waals surface area contributed by atoms with Gasteiger partial charge >= 0.3 is 5.97 Å². The van der Waals surface area contributed by atoms with Crippen molar-refractivity contribution in [2.45, 2.75) is 52.6 Å². The molecule has 0 radical (unpaired) electrons. The third-order valence-electron chi connectivity index (χ3n) is 4.05. The van der Waals surface area contributed by atoms with E-state index in [1.54, 1.807) is 6.26 Å². The van der Waals surface area contributed by atoms with Gasteiger partial charge in [-0.25, -0.2) is 4.98 Å². The van der Waals surface area contributed by atoms with E-state index in [1.165, 1.54) is 0 Å². The predicted octanol–water partition coefficient (Wildman–Crippen LogP) is 4.64. The summed E-state index contributed by atoms with van der Waals surface area (Å²) < 4.78 is 10.9. The zero-order valence-electron chi connectivity index (χ0n) is 14.1. The van der Waals surface area contributed by atoms with Crippen LogP contribution in [0.3, 0.4) is 0 Å². The number of esters is 1. The molecule has 0 saturated carbocycles. The summed E-state index contributed by atoms with van der Waals surface area (Å²) in [5, 5.41) is 0. The van der Waals surface area contributed by atoms with E-state index in [4.69, 9.17) is 9.15 Å². The van der Waals surface area contributed by atoms with E-state index in [0.29, 0.717) is 6.61 Å². The maximum absolute atomic E-state index is 12.1.